The number of rotatable bonds is 11. The topological polar surface area (TPSA) is 160 Å². The van der Waals surface area contributed by atoms with Crippen molar-refractivity contribution in [3.63, 3.8) is 0 Å². The van der Waals surface area contributed by atoms with Gasteiger partial charge in [-0.1, -0.05) is 38.1 Å². The molecule has 11 nitrogen and oxygen atoms in total. The summed E-state index contributed by atoms with van der Waals surface area (Å²) in [7, 11) is 2.10. The largest absolute Gasteiger partial charge is 0.493 e. The fourth-order valence-corrected chi connectivity index (χ4v) is 3.87. The summed E-state index contributed by atoms with van der Waals surface area (Å²) in [4.78, 5) is 36.7. The molecule has 226 valence electrons. The van der Waals surface area contributed by atoms with Gasteiger partial charge in [0, 0.05) is 19.1 Å². The molecule has 5 N–H and O–H groups in total. The molecule has 0 radical (unpaired) electrons. The number of nitrogens with one attached hydrogen (secondary N) is 1. The van der Waals surface area contributed by atoms with E-state index >= 15 is 0 Å². The summed E-state index contributed by atoms with van der Waals surface area (Å²) in [5, 5.41) is 35.7. The van der Waals surface area contributed by atoms with Crippen LogP contribution in [0.15, 0.2) is 48.5 Å². The van der Waals surface area contributed by atoms with Crippen LogP contribution in [0.3, 0.4) is 0 Å². The minimum Gasteiger partial charge on any atom is -0.493 e. The van der Waals surface area contributed by atoms with Gasteiger partial charge in [-0.05, 0) is 74.3 Å². The smallest absolute Gasteiger partial charge is 0.335 e. The molecule has 1 fully saturated rings. The number of urea groups is 1. The van der Waals surface area contributed by atoms with Crippen molar-refractivity contribution in [2.45, 2.75) is 58.0 Å². The zero-order valence-corrected chi connectivity index (χ0v) is 23.6. The SMILES string of the molecule is CC(C)COc1ccc(CN(Cc2ccc(F)cc2)C(=O)NC2CCN(C)CC2)cc1.O=C(O)C(O)C(O)C(=O)O. The number of nitrogens with zero attached hydrogens (tertiary/aromatic N) is 2. The Bertz CT molecular complexity index is 1090. The predicted octanol–water partition coefficient (Wildman–Crippen LogP) is 2.54. The van der Waals surface area contributed by atoms with Gasteiger partial charge < -0.3 is 40.3 Å². The molecule has 1 aliphatic rings. The van der Waals surface area contributed by atoms with Crippen LogP contribution in [0.1, 0.15) is 37.8 Å². The minimum absolute atomic E-state index is 0.0842. The molecule has 0 aliphatic carbocycles. The first kappa shape index (κ1) is 33.5. The molecule has 12 heteroatoms. The lowest BCUT2D eigenvalue weighted by molar-refractivity contribution is -0.165. The van der Waals surface area contributed by atoms with Crippen LogP contribution in [0.4, 0.5) is 9.18 Å². The maximum Gasteiger partial charge on any atom is 0.335 e. The zero-order valence-electron chi connectivity index (χ0n) is 23.6. The van der Waals surface area contributed by atoms with Crippen LogP contribution < -0.4 is 10.1 Å². The van der Waals surface area contributed by atoms with Crippen molar-refractivity contribution in [1.82, 2.24) is 15.1 Å². The lowest BCUT2D eigenvalue weighted by atomic mass is 10.1. The van der Waals surface area contributed by atoms with Crippen LogP contribution in [0.2, 0.25) is 0 Å². The number of amides is 2. The molecule has 2 amide bonds. The third-order valence-corrected chi connectivity index (χ3v) is 6.31. The Hall–Kier alpha value is -3.74. The Morgan fingerprint density at radius 1 is 0.927 bits per heavy atom. The van der Waals surface area contributed by atoms with Crippen molar-refractivity contribution in [3.05, 3.63) is 65.5 Å². The second kappa shape index (κ2) is 16.5. The van der Waals surface area contributed by atoms with Gasteiger partial charge >= 0.3 is 18.0 Å². The Morgan fingerprint density at radius 3 is 1.83 bits per heavy atom. The summed E-state index contributed by atoms with van der Waals surface area (Å²) >= 11 is 0. The number of hydrogen-bond donors (Lipinski definition) is 5. The fourth-order valence-electron chi connectivity index (χ4n) is 3.87. The van der Waals surface area contributed by atoms with Crippen LogP contribution in [-0.4, -0.2) is 93.2 Å². The molecule has 2 atom stereocenters. The minimum atomic E-state index is -2.27. The number of carboxylic acid groups (broad SMARTS) is 2. The second-order valence-electron chi connectivity index (χ2n) is 10.4. The maximum absolute atomic E-state index is 13.3. The van der Waals surface area contributed by atoms with Crippen molar-refractivity contribution in [3.8, 4) is 5.75 Å². The van der Waals surface area contributed by atoms with Gasteiger partial charge in [-0.2, -0.15) is 0 Å². The third-order valence-electron chi connectivity index (χ3n) is 6.31. The first-order chi connectivity index (χ1) is 19.3. The number of likely N-dealkylation sites (tertiary alicyclic amines) is 1. The molecule has 0 saturated carbocycles. The van der Waals surface area contributed by atoms with Gasteiger partial charge in [0.15, 0.2) is 12.2 Å². The van der Waals surface area contributed by atoms with Crippen molar-refractivity contribution in [2.75, 3.05) is 26.7 Å². The van der Waals surface area contributed by atoms with E-state index in [-0.39, 0.29) is 17.9 Å². The number of benzene rings is 2. The zero-order chi connectivity index (χ0) is 30.5. The van der Waals surface area contributed by atoms with Crippen LogP contribution in [-0.2, 0) is 22.7 Å². The van der Waals surface area contributed by atoms with E-state index in [4.69, 9.17) is 25.2 Å². The summed E-state index contributed by atoms with van der Waals surface area (Å²) in [5.74, 6) is -2.51. The molecule has 2 aromatic carbocycles. The summed E-state index contributed by atoms with van der Waals surface area (Å²) in [6.45, 7) is 7.77. The van der Waals surface area contributed by atoms with Gasteiger partial charge in [0.2, 0.25) is 0 Å². The van der Waals surface area contributed by atoms with E-state index in [9.17, 15) is 18.8 Å². The highest BCUT2D eigenvalue weighted by Gasteiger charge is 2.29. The van der Waals surface area contributed by atoms with E-state index in [1.165, 1.54) is 12.1 Å². The first-order valence-corrected chi connectivity index (χ1v) is 13.4. The quantitative estimate of drug-likeness (QED) is 0.270. The number of carbonyl (C=O) groups is 3. The number of carboxylic acids is 2. The lowest BCUT2D eigenvalue weighted by Gasteiger charge is -2.32. The number of halogens is 1. The highest BCUT2D eigenvalue weighted by Crippen LogP contribution is 2.17. The van der Waals surface area contributed by atoms with Gasteiger partial charge in [0.1, 0.15) is 11.6 Å². The number of ether oxygens (including phenoxy) is 1. The van der Waals surface area contributed by atoms with Gasteiger partial charge in [-0.15, -0.1) is 0 Å². The Kier molecular flexibility index (Phi) is 13.5. The number of carbonyl (C=O) groups excluding carboxylic acids is 1. The van der Waals surface area contributed by atoms with Gasteiger partial charge in [-0.25, -0.2) is 18.8 Å². The number of piperidine rings is 1. The van der Waals surface area contributed by atoms with Crippen molar-refractivity contribution >= 4 is 18.0 Å². The molecule has 3 rings (SSSR count). The van der Waals surface area contributed by atoms with E-state index in [1.54, 1.807) is 17.0 Å². The normalized spacial score (nSPS) is 15.3. The number of aliphatic hydroxyl groups is 2. The number of aliphatic carboxylic acids is 2. The molecule has 0 bridgehead atoms. The van der Waals surface area contributed by atoms with Gasteiger partial charge in [0.25, 0.3) is 0 Å². The van der Waals surface area contributed by atoms with Crippen LogP contribution in [0, 0.1) is 11.7 Å². The predicted molar refractivity (Wildman–Crippen MR) is 149 cm³/mol. The van der Waals surface area contributed by atoms with Crippen LogP contribution >= 0.6 is 0 Å². The third kappa shape index (κ3) is 12.1. The Balaban J connectivity index is 0.000000503. The molecule has 1 heterocycles. The average Bonchev–Trinajstić information content (AvgIpc) is 2.94. The van der Waals surface area contributed by atoms with E-state index < -0.39 is 24.1 Å². The molecule has 0 aromatic heterocycles. The molecule has 41 heavy (non-hydrogen) atoms. The molecule has 0 spiro atoms. The number of hydrogen-bond acceptors (Lipinski definition) is 7. The highest BCUT2D eigenvalue weighted by atomic mass is 19.1. The Labute approximate surface area is 239 Å². The van der Waals surface area contributed by atoms with Crippen molar-refractivity contribution < 1.29 is 43.9 Å². The van der Waals surface area contributed by atoms with E-state index in [1.807, 2.05) is 24.3 Å². The summed E-state index contributed by atoms with van der Waals surface area (Å²) < 4.78 is 19.1. The second-order valence-corrected chi connectivity index (χ2v) is 10.4. The lowest BCUT2D eigenvalue weighted by Crippen LogP contribution is -2.48. The van der Waals surface area contributed by atoms with E-state index in [2.05, 4.69) is 31.1 Å². The highest BCUT2D eigenvalue weighted by molar-refractivity contribution is 5.83. The average molecular weight is 578 g/mol. The van der Waals surface area contributed by atoms with Crippen LogP contribution in [0.25, 0.3) is 0 Å². The molecule has 1 aliphatic heterocycles. The maximum atomic E-state index is 13.3. The molecular formula is C29H40FN3O8. The van der Waals surface area contributed by atoms with Gasteiger partial charge in [-0.3, -0.25) is 0 Å². The van der Waals surface area contributed by atoms with E-state index in [0.717, 1.165) is 42.8 Å². The fraction of sp³-hybridized carbons (Fsp3) is 0.483. The Morgan fingerprint density at radius 2 is 1.39 bits per heavy atom. The molecular weight excluding hydrogens is 537 g/mol. The first-order valence-electron chi connectivity index (χ1n) is 13.4. The van der Waals surface area contributed by atoms with Crippen molar-refractivity contribution in [1.29, 1.82) is 0 Å². The summed E-state index contributed by atoms with van der Waals surface area (Å²) in [5.41, 5.74) is 1.93. The van der Waals surface area contributed by atoms with Gasteiger partial charge in [0.05, 0.1) is 6.61 Å². The molecule has 1 saturated heterocycles. The summed E-state index contributed by atoms with van der Waals surface area (Å²) in [6.07, 6.45) is -2.63. The molecule has 2 aromatic rings. The standard InChI is InChI=1S/C25H34FN3O2.C4H6O6/c1-19(2)18-31-24-10-6-21(7-11-24)17-29(16-20-4-8-22(26)9-5-20)25(30)27-23-12-14-28(3)15-13-23;5-1(3(7)8)2(6)4(9)10/h4-11,19,23H,12-18H2,1-3H3,(H,27,30);1-2,5-6H,(H,7,8)(H,9,10). The van der Waals surface area contributed by atoms with Crippen molar-refractivity contribution in [2.24, 2.45) is 5.92 Å². The summed E-state index contributed by atoms with van der Waals surface area (Å²) in [6, 6.07) is 14.3. The van der Waals surface area contributed by atoms with E-state index in [0.29, 0.717) is 25.6 Å². The number of aliphatic hydroxyl groups excluding tert-OH is 2. The van der Waals surface area contributed by atoms with Crippen LogP contribution in [0.5, 0.6) is 5.75 Å². The monoisotopic (exact) mass is 577 g/mol. The molecule has 2 unspecified atom stereocenters.